The van der Waals surface area contributed by atoms with E-state index in [1.54, 1.807) is 12.4 Å². The molecule has 0 aliphatic carbocycles. The highest BCUT2D eigenvalue weighted by molar-refractivity contribution is 7.12. The topological polar surface area (TPSA) is 42.2 Å². The van der Waals surface area contributed by atoms with Crippen LogP contribution >= 0.6 is 11.3 Å². The van der Waals surface area contributed by atoms with E-state index in [4.69, 9.17) is 5.73 Å². The van der Waals surface area contributed by atoms with Crippen LogP contribution < -0.4 is 10.6 Å². The Balaban J connectivity index is 2.11. The standard InChI is InChI=1S/C13H17N3S/c1-3-10-4-5-11(17-10)9-16(2)13-6-7-15-8-12(13)14/h4-8H,3,9,14H2,1-2H3. The van der Waals surface area contributed by atoms with Crippen LogP contribution in [0.3, 0.4) is 0 Å². The average molecular weight is 247 g/mol. The second kappa shape index (κ2) is 5.19. The van der Waals surface area contributed by atoms with E-state index < -0.39 is 0 Å². The maximum Gasteiger partial charge on any atom is 0.0738 e. The van der Waals surface area contributed by atoms with Gasteiger partial charge in [0.05, 0.1) is 24.1 Å². The highest BCUT2D eigenvalue weighted by atomic mass is 32.1. The molecule has 0 saturated carbocycles. The second-order valence-electron chi connectivity index (χ2n) is 4.01. The molecule has 2 heterocycles. The van der Waals surface area contributed by atoms with Gasteiger partial charge in [-0.3, -0.25) is 4.98 Å². The predicted molar refractivity (Wildman–Crippen MR) is 74.5 cm³/mol. The first-order chi connectivity index (χ1) is 8.20. The number of aryl methyl sites for hydroxylation is 1. The Kier molecular flexibility index (Phi) is 3.64. The van der Waals surface area contributed by atoms with E-state index in [0.717, 1.165) is 24.3 Å². The highest BCUT2D eigenvalue weighted by Crippen LogP contribution is 2.24. The molecule has 0 bridgehead atoms. The van der Waals surface area contributed by atoms with Crippen molar-refractivity contribution in [1.29, 1.82) is 0 Å². The lowest BCUT2D eigenvalue weighted by Gasteiger charge is -2.19. The lowest BCUT2D eigenvalue weighted by molar-refractivity contribution is 0.940. The number of hydrogen-bond donors (Lipinski definition) is 1. The van der Waals surface area contributed by atoms with Gasteiger partial charge in [-0.25, -0.2) is 0 Å². The van der Waals surface area contributed by atoms with Gasteiger partial charge in [0.1, 0.15) is 0 Å². The fraction of sp³-hybridized carbons (Fsp3) is 0.308. The van der Waals surface area contributed by atoms with Crippen molar-refractivity contribution in [2.45, 2.75) is 19.9 Å². The lowest BCUT2D eigenvalue weighted by Crippen LogP contribution is -2.17. The Hall–Kier alpha value is -1.55. The average Bonchev–Trinajstić information content (AvgIpc) is 2.77. The first-order valence-corrected chi connectivity index (χ1v) is 6.50. The van der Waals surface area contributed by atoms with Crippen LogP contribution in [-0.4, -0.2) is 12.0 Å². The Morgan fingerprint density at radius 2 is 2.06 bits per heavy atom. The summed E-state index contributed by atoms with van der Waals surface area (Å²) in [7, 11) is 2.05. The molecule has 2 aromatic rings. The first-order valence-electron chi connectivity index (χ1n) is 5.69. The zero-order valence-corrected chi connectivity index (χ0v) is 11.0. The second-order valence-corrected chi connectivity index (χ2v) is 5.27. The number of anilines is 2. The fourth-order valence-corrected chi connectivity index (χ4v) is 2.77. The third-order valence-electron chi connectivity index (χ3n) is 2.70. The van der Waals surface area contributed by atoms with E-state index in [9.17, 15) is 0 Å². The molecule has 0 unspecified atom stereocenters. The van der Waals surface area contributed by atoms with Gasteiger partial charge in [-0.05, 0) is 24.6 Å². The van der Waals surface area contributed by atoms with Gasteiger partial charge in [-0.15, -0.1) is 11.3 Å². The van der Waals surface area contributed by atoms with Gasteiger partial charge in [0.2, 0.25) is 0 Å². The Morgan fingerprint density at radius 3 is 2.71 bits per heavy atom. The van der Waals surface area contributed by atoms with Crippen LogP contribution in [0.5, 0.6) is 0 Å². The van der Waals surface area contributed by atoms with Gasteiger partial charge >= 0.3 is 0 Å². The Bertz CT molecular complexity index is 493. The van der Waals surface area contributed by atoms with Crippen LogP contribution in [0, 0.1) is 0 Å². The largest absolute Gasteiger partial charge is 0.396 e. The molecule has 0 aliphatic rings. The monoisotopic (exact) mass is 247 g/mol. The number of aromatic nitrogens is 1. The van der Waals surface area contributed by atoms with Crippen molar-refractivity contribution >= 4 is 22.7 Å². The summed E-state index contributed by atoms with van der Waals surface area (Å²) >= 11 is 1.86. The van der Waals surface area contributed by atoms with Crippen LogP contribution in [-0.2, 0) is 13.0 Å². The van der Waals surface area contributed by atoms with Crippen molar-refractivity contribution in [3.8, 4) is 0 Å². The van der Waals surface area contributed by atoms with E-state index in [0.29, 0.717) is 0 Å². The van der Waals surface area contributed by atoms with Crippen molar-refractivity contribution < 1.29 is 0 Å². The maximum atomic E-state index is 5.91. The van der Waals surface area contributed by atoms with Crippen molar-refractivity contribution in [3.63, 3.8) is 0 Å². The van der Waals surface area contributed by atoms with Gasteiger partial charge in [-0.2, -0.15) is 0 Å². The van der Waals surface area contributed by atoms with Crippen molar-refractivity contribution in [2.75, 3.05) is 17.7 Å². The minimum absolute atomic E-state index is 0.724. The SMILES string of the molecule is CCc1ccc(CN(C)c2ccncc2N)s1. The van der Waals surface area contributed by atoms with Crippen molar-refractivity contribution in [2.24, 2.45) is 0 Å². The number of thiophene rings is 1. The molecule has 2 N–H and O–H groups in total. The lowest BCUT2D eigenvalue weighted by atomic mass is 10.3. The van der Waals surface area contributed by atoms with Crippen LogP contribution in [0.2, 0.25) is 0 Å². The smallest absolute Gasteiger partial charge is 0.0738 e. The molecule has 0 radical (unpaired) electrons. The number of rotatable bonds is 4. The third-order valence-corrected chi connectivity index (χ3v) is 3.91. The van der Waals surface area contributed by atoms with Gasteiger partial charge in [0, 0.05) is 23.0 Å². The summed E-state index contributed by atoms with van der Waals surface area (Å²) in [6.45, 7) is 3.07. The highest BCUT2D eigenvalue weighted by Gasteiger charge is 2.07. The molecule has 0 spiro atoms. The zero-order valence-electron chi connectivity index (χ0n) is 10.2. The normalized spacial score (nSPS) is 10.5. The summed E-state index contributed by atoms with van der Waals surface area (Å²) in [4.78, 5) is 8.95. The molecule has 4 heteroatoms. The summed E-state index contributed by atoms with van der Waals surface area (Å²) in [5.74, 6) is 0. The molecule has 17 heavy (non-hydrogen) atoms. The Labute approximate surface area is 106 Å². The van der Waals surface area contributed by atoms with Crippen LogP contribution in [0.1, 0.15) is 16.7 Å². The molecule has 3 nitrogen and oxygen atoms in total. The van der Waals surface area contributed by atoms with E-state index in [1.165, 1.54) is 9.75 Å². The summed E-state index contributed by atoms with van der Waals surface area (Å²) < 4.78 is 0. The molecule has 0 fully saturated rings. The van der Waals surface area contributed by atoms with Crippen LogP contribution in [0.4, 0.5) is 11.4 Å². The van der Waals surface area contributed by atoms with Crippen LogP contribution in [0.25, 0.3) is 0 Å². The maximum absolute atomic E-state index is 5.91. The summed E-state index contributed by atoms with van der Waals surface area (Å²) in [6.07, 6.45) is 4.57. The number of nitrogen functional groups attached to an aromatic ring is 1. The number of hydrogen-bond acceptors (Lipinski definition) is 4. The third kappa shape index (κ3) is 2.77. The van der Waals surface area contributed by atoms with Gasteiger partial charge in [-0.1, -0.05) is 6.92 Å². The minimum Gasteiger partial charge on any atom is -0.396 e. The molecule has 2 rings (SSSR count). The number of nitrogens with zero attached hydrogens (tertiary/aromatic N) is 2. The molecule has 0 saturated heterocycles. The summed E-state index contributed by atoms with van der Waals surface area (Å²) in [5, 5.41) is 0. The van der Waals surface area contributed by atoms with Crippen molar-refractivity contribution in [1.82, 2.24) is 4.98 Å². The predicted octanol–water partition coefficient (Wildman–Crippen LogP) is 2.92. The van der Waals surface area contributed by atoms with Crippen LogP contribution in [0.15, 0.2) is 30.6 Å². The number of nitrogens with two attached hydrogens (primary N) is 1. The molecule has 2 aromatic heterocycles. The fourth-order valence-electron chi connectivity index (χ4n) is 1.76. The van der Waals surface area contributed by atoms with E-state index in [1.807, 2.05) is 17.4 Å². The minimum atomic E-state index is 0.724. The zero-order chi connectivity index (χ0) is 12.3. The van der Waals surface area contributed by atoms with E-state index in [2.05, 4.69) is 36.0 Å². The quantitative estimate of drug-likeness (QED) is 0.903. The van der Waals surface area contributed by atoms with Gasteiger partial charge < -0.3 is 10.6 Å². The molecule has 0 atom stereocenters. The molecule has 90 valence electrons. The molecule has 0 aliphatic heterocycles. The first kappa shape index (κ1) is 11.9. The molecule has 0 amide bonds. The molecular formula is C13H17N3S. The van der Waals surface area contributed by atoms with Gasteiger partial charge in [0.25, 0.3) is 0 Å². The number of pyridine rings is 1. The van der Waals surface area contributed by atoms with E-state index >= 15 is 0 Å². The van der Waals surface area contributed by atoms with Gasteiger partial charge in [0.15, 0.2) is 0 Å². The summed E-state index contributed by atoms with van der Waals surface area (Å²) in [6, 6.07) is 6.34. The van der Waals surface area contributed by atoms with Crippen molar-refractivity contribution in [3.05, 3.63) is 40.3 Å². The molecular weight excluding hydrogens is 230 g/mol. The Morgan fingerprint density at radius 1 is 1.29 bits per heavy atom. The van der Waals surface area contributed by atoms with E-state index in [-0.39, 0.29) is 0 Å². The summed E-state index contributed by atoms with van der Waals surface area (Å²) in [5.41, 5.74) is 7.66. The molecule has 0 aromatic carbocycles.